The van der Waals surface area contributed by atoms with Gasteiger partial charge < -0.3 is 10.6 Å². The quantitative estimate of drug-likeness (QED) is 0.641. The highest BCUT2D eigenvalue weighted by Crippen LogP contribution is 2.23. The summed E-state index contributed by atoms with van der Waals surface area (Å²) in [6, 6.07) is 5.20. The number of nitrogens with one attached hydrogen (secondary N) is 3. The highest BCUT2D eigenvalue weighted by molar-refractivity contribution is 6.42. The fraction of sp³-hybridized carbons (Fsp3) is 0.200. The van der Waals surface area contributed by atoms with Crippen molar-refractivity contribution in [1.29, 1.82) is 0 Å². The second kappa shape index (κ2) is 6.73. The third-order valence-corrected chi connectivity index (χ3v) is 4.32. The standard InChI is InChI=1S/C15H14Cl2N6O2/c1-18-13(24)11-10-12(23(2)22-11)14(25)21-15(20-10)19-6-7-3-4-8(16)9(17)5-7/h3-5H,6H2,1-2H3,(H,18,24)(H2,19,20,21,25). The molecule has 0 aliphatic heterocycles. The van der Waals surface area contributed by atoms with Gasteiger partial charge in [0.05, 0.1) is 10.0 Å². The van der Waals surface area contributed by atoms with Crippen molar-refractivity contribution in [3.05, 3.63) is 49.9 Å². The predicted octanol–water partition coefficient (Wildman–Crippen LogP) is 1.94. The van der Waals surface area contributed by atoms with Crippen molar-refractivity contribution in [2.45, 2.75) is 6.54 Å². The summed E-state index contributed by atoms with van der Waals surface area (Å²) in [4.78, 5) is 31.2. The van der Waals surface area contributed by atoms with Gasteiger partial charge in [0.2, 0.25) is 5.95 Å². The van der Waals surface area contributed by atoms with Crippen molar-refractivity contribution in [2.75, 3.05) is 12.4 Å². The number of aryl methyl sites for hydroxylation is 1. The number of anilines is 1. The molecule has 25 heavy (non-hydrogen) atoms. The number of benzene rings is 1. The van der Waals surface area contributed by atoms with E-state index in [-0.39, 0.29) is 22.7 Å². The van der Waals surface area contributed by atoms with E-state index >= 15 is 0 Å². The van der Waals surface area contributed by atoms with Crippen molar-refractivity contribution in [2.24, 2.45) is 7.05 Å². The zero-order valence-corrected chi connectivity index (χ0v) is 14.9. The lowest BCUT2D eigenvalue weighted by molar-refractivity contribution is 0.0959. The molecule has 0 aliphatic carbocycles. The van der Waals surface area contributed by atoms with Crippen molar-refractivity contribution in [3.63, 3.8) is 0 Å². The molecule has 0 unspecified atom stereocenters. The number of halogens is 2. The third-order valence-electron chi connectivity index (χ3n) is 3.58. The molecule has 3 rings (SSSR count). The Morgan fingerprint density at radius 2 is 2.08 bits per heavy atom. The molecule has 0 aliphatic rings. The van der Waals surface area contributed by atoms with Gasteiger partial charge in [-0.1, -0.05) is 29.3 Å². The first-order chi connectivity index (χ1) is 11.9. The topological polar surface area (TPSA) is 105 Å². The molecule has 1 aromatic carbocycles. The van der Waals surface area contributed by atoms with E-state index in [0.29, 0.717) is 16.6 Å². The Hall–Kier alpha value is -2.58. The van der Waals surface area contributed by atoms with Gasteiger partial charge in [-0.2, -0.15) is 5.10 Å². The molecule has 10 heteroatoms. The minimum Gasteiger partial charge on any atom is -0.354 e. The van der Waals surface area contributed by atoms with E-state index in [1.165, 1.54) is 11.7 Å². The van der Waals surface area contributed by atoms with Crippen LogP contribution in [0.2, 0.25) is 10.0 Å². The SMILES string of the molecule is CNC(=O)c1nn(C)c2c(=O)[nH]c(NCc3ccc(Cl)c(Cl)c3)nc12. The Kier molecular flexibility index (Phi) is 4.65. The number of hydrogen-bond acceptors (Lipinski definition) is 5. The zero-order chi connectivity index (χ0) is 18.1. The zero-order valence-electron chi connectivity index (χ0n) is 13.4. The van der Waals surface area contributed by atoms with Crippen LogP contribution in [0.4, 0.5) is 5.95 Å². The first-order valence-electron chi connectivity index (χ1n) is 7.27. The lowest BCUT2D eigenvalue weighted by atomic mass is 10.2. The van der Waals surface area contributed by atoms with Gasteiger partial charge in [0.15, 0.2) is 11.2 Å². The van der Waals surface area contributed by atoms with E-state index in [2.05, 4.69) is 25.7 Å². The number of H-pyrrole nitrogens is 1. The monoisotopic (exact) mass is 380 g/mol. The van der Waals surface area contributed by atoms with Crippen LogP contribution in [0.25, 0.3) is 11.0 Å². The maximum absolute atomic E-state index is 12.3. The molecule has 0 atom stereocenters. The second-order valence-electron chi connectivity index (χ2n) is 5.27. The number of carbonyl (C=O) groups is 1. The van der Waals surface area contributed by atoms with E-state index in [4.69, 9.17) is 23.2 Å². The van der Waals surface area contributed by atoms with Crippen LogP contribution in [0.5, 0.6) is 0 Å². The number of rotatable bonds is 4. The number of fused-ring (bicyclic) bond motifs is 1. The Labute approximate surface area is 152 Å². The molecule has 0 bridgehead atoms. The Morgan fingerprint density at radius 3 is 2.76 bits per heavy atom. The number of aromatic amines is 1. The van der Waals surface area contributed by atoms with E-state index in [1.54, 1.807) is 25.2 Å². The van der Waals surface area contributed by atoms with Gasteiger partial charge in [-0.05, 0) is 17.7 Å². The Morgan fingerprint density at radius 1 is 1.32 bits per heavy atom. The average Bonchev–Trinajstić information content (AvgIpc) is 2.92. The van der Waals surface area contributed by atoms with Gasteiger partial charge in [-0.15, -0.1) is 0 Å². The van der Waals surface area contributed by atoms with Gasteiger partial charge in [0.1, 0.15) is 5.52 Å². The summed E-state index contributed by atoms with van der Waals surface area (Å²) in [6.07, 6.45) is 0. The average molecular weight is 381 g/mol. The summed E-state index contributed by atoms with van der Waals surface area (Å²) in [7, 11) is 3.06. The minimum absolute atomic E-state index is 0.0867. The largest absolute Gasteiger partial charge is 0.354 e. The van der Waals surface area contributed by atoms with Crippen LogP contribution in [0.15, 0.2) is 23.0 Å². The van der Waals surface area contributed by atoms with Gasteiger partial charge in [-0.3, -0.25) is 19.3 Å². The summed E-state index contributed by atoms with van der Waals surface area (Å²) >= 11 is 11.9. The van der Waals surface area contributed by atoms with E-state index in [1.807, 2.05) is 0 Å². The lowest BCUT2D eigenvalue weighted by Gasteiger charge is -2.07. The highest BCUT2D eigenvalue weighted by Gasteiger charge is 2.19. The summed E-state index contributed by atoms with van der Waals surface area (Å²) in [5, 5.41) is 10.4. The van der Waals surface area contributed by atoms with E-state index in [9.17, 15) is 9.59 Å². The first-order valence-corrected chi connectivity index (χ1v) is 8.03. The molecule has 0 spiro atoms. The number of nitrogens with zero attached hydrogens (tertiary/aromatic N) is 3. The molecule has 8 nitrogen and oxygen atoms in total. The fourth-order valence-electron chi connectivity index (χ4n) is 2.37. The smallest absolute Gasteiger partial charge is 0.278 e. The summed E-state index contributed by atoms with van der Waals surface area (Å²) in [5.74, 6) is -0.194. The Balaban J connectivity index is 1.95. The molecule has 3 aromatic rings. The number of amides is 1. The van der Waals surface area contributed by atoms with Gasteiger partial charge in [-0.25, -0.2) is 4.98 Å². The van der Waals surface area contributed by atoms with Crippen LogP contribution in [-0.2, 0) is 13.6 Å². The van der Waals surface area contributed by atoms with Gasteiger partial charge in [0.25, 0.3) is 11.5 Å². The number of aromatic nitrogens is 4. The molecule has 0 radical (unpaired) electrons. The summed E-state index contributed by atoms with van der Waals surface area (Å²) in [5.41, 5.74) is 0.992. The molecule has 130 valence electrons. The van der Waals surface area contributed by atoms with Crippen molar-refractivity contribution in [1.82, 2.24) is 25.1 Å². The predicted molar refractivity (Wildman–Crippen MR) is 96.3 cm³/mol. The van der Waals surface area contributed by atoms with E-state index < -0.39 is 11.5 Å². The molecule has 1 amide bonds. The molecule has 0 saturated carbocycles. The van der Waals surface area contributed by atoms with Crippen molar-refractivity contribution in [3.8, 4) is 0 Å². The molecular formula is C15H14Cl2N6O2. The molecule has 2 heterocycles. The van der Waals surface area contributed by atoms with Gasteiger partial charge >= 0.3 is 0 Å². The first kappa shape index (κ1) is 17.2. The molecule has 0 fully saturated rings. The number of carbonyl (C=O) groups excluding carboxylic acids is 1. The van der Waals surface area contributed by atoms with Crippen LogP contribution in [-0.4, -0.2) is 32.7 Å². The van der Waals surface area contributed by atoms with E-state index in [0.717, 1.165) is 5.56 Å². The van der Waals surface area contributed by atoms with Crippen LogP contribution >= 0.6 is 23.2 Å². The summed E-state index contributed by atoms with van der Waals surface area (Å²) < 4.78 is 1.33. The summed E-state index contributed by atoms with van der Waals surface area (Å²) in [6.45, 7) is 0.362. The molecule has 0 saturated heterocycles. The maximum Gasteiger partial charge on any atom is 0.278 e. The fourth-order valence-corrected chi connectivity index (χ4v) is 2.69. The molecule has 2 aromatic heterocycles. The van der Waals surface area contributed by atoms with Crippen LogP contribution < -0.4 is 16.2 Å². The van der Waals surface area contributed by atoms with Crippen LogP contribution in [0.3, 0.4) is 0 Å². The van der Waals surface area contributed by atoms with Crippen molar-refractivity contribution < 1.29 is 4.79 Å². The van der Waals surface area contributed by atoms with Crippen molar-refractivity contribution >= 4 is 46.1 Å². The maximum atomic E-state index is 12.3. The lowest BCUT2D eigenvalue weighted by Crippen LogP contribution is -2.19. The normalized spacial score (nSPS) is 10.9. The third kappa shape index (κ3) is 3.31. The van der Waals surface area contributed by atoms with Crippen LogP contribution in [0, 0.1) is 0 Å². The molecule has 3 N–H and O–H groups in total. The second-order valence-corrected chi connectivity index (χ2v) is 6.08. The minimum atomic E-state index is -0.417. The highest BCUT2D eigenvalue weighted by atomic mass is 35.5. The van der Waals surface area contributed by atoms with Gasteiger partial charge in [0, 0.05) is 20.6 Å². The van der Waals surface area contributed by atoms with Crippen LogP contribution in [0.1, 0.15) is 16.1 Å². The molecular weight excluding hydrogens is 367 g/mol. The Bertz CT molecular complexity index is 1030. The number of hydrogen-bond donors (Lipinski definition) is 3.